The molecule has 1 amide bonds. The van der Waals surface area contributed by atoms with Crippen molar-refractivity contribution in [1.29, 1.82) is 0 Å². The lowest BCUT2D eigenvalue weighted by Gasteiger charge is -2.42. The van der Waals surface area contributed by atoms with Crippen molar-refractivity contribution in [1.82, 2.24) is 14.9 Å². The molecular formula is C29H40N4O3. The van der Waals surface area contributed by atoms with Crippen LogP contribution in [0, 0.1) is 12.3 Å². The molecule has 3 aliphatic rings. The molecule has 2 heterocycles. The van der Waals surface area contributed by atoms with Crippen molar-refractivity contribution in [2.45, 2.75) is 77.4 Å². The first-order chi connectivity index (χ1) is 17.2. The summed E-state index contributed by atoms with van der Waals surface area (Å²) in [7, 11) is 0. The maximum atomic E-state index is 12.9. The first kappa shape index (κ1) is 25.2. The Kier molecular flexibility index (Phi) is 7.07. The zero-order valence-corrected chi connectivity index (χ0v) is 21.9. The number of ether oxygens (including phenoxy) is 1. The quantitative estimate of drug-likeness (QED) is 0.545. The predicted molar refractivity (Wildman–Crippen MR) is 142 cm³/mol. The van der Waals surface area contributed by atoms with E-state index in [2.05, 4.69) is 46.2 Å². The number of aryl methyl sites for hydroxylation is 1. The van der Waals surface area contributed by atoms with Gasteiger partial charge in [0.2, 0.25) is 0 Å². The molecule has 3 N–H and O–H groups in total. The number of hydrogen-bond acceptors (Lipinski definition) is 5. The number of rotatable bonds is 5. The summed E-state index contributed by atoms with van der Waals surface area (Å²) in [5, 5.41) is 14.8. The smallest absolute Gasteiger partial charge is 0.291 e. The van der Waals surface area contributed by atoms with Crippen LogP contribution in [0.3, 0.4) is 0 Å². The first-order valence-corrected chi connectivity index (χ1v) is 13.4. The molecule has 1 aromatic carbocycles. The number of carbonyl (C=O) groups excluding carboxylic acids is 1. The van der Waals surface area contributed by atoms with Gasteiger partial charge in [0.25, 0.3) is 5.91 Å². The number of aromatic nitrogens is 2. The third-order valence-corrected chi connectivity index (χ3v) is 8.39. The molecule has 0 spiro atoms. The highest BCUT2D eigenvalue weighted by molar-refractivity contribution is 6.03. The minimum absolute atomic E-state index is 0.251. The van der Waals surface area contributed by atoms with Gasteiger partial charge in [-0.2, -0.15) is 0 Å². The number of nitrogens with zero attached hydrogens (tertiary/aromatic N) is 2. The maximum absolute atomic E-state index is 12.9. The Morgan fingerprint density at radius 1 is 1.19 bits per heavy atom. The van der Waals surface area contributed by atoms with Gasteiger partial charge in [-0.15, -0.1) is 0 Å². The maximum Gasteiger partial charge on any atom is 0.291 e. The number of hydrogen-bond donors (Lipinski definition) is 3. The average molecular weight is 493 g/mol. The molecule has 7 nitrogen and oxygen atoms in total. The van der Waals surface area contributed by atoms with E-state index in [9.17, 15) is 9.90 Å². The Balaban J connectivity index is 1.40. The summed E-state index contributed by atoms with van der Waals surface area (Å²) < 4.78 is 5.52. The van der Waals surface area contributed by atoms with Crippen LogP contribution in [0.5, 0.6) is 0 Å². The van der Waals surface area contributed by atoms with Crippen LogP contribution in [-0.4, -0.2) is 58.2 Å². The highest BCUT2D eigenvalue weighted by Crippen LogP contribution is 2.43. The SMILES string of the molecule is Cc1cnc(C(=O)Nc2ccc(C3(O)CCC(N4CCOCC4)CC3)cc2C2=CCC(C)(C)CC2)[nH]1. The van der Waals surface area contributed by atoms with Crippen molar-refractivity contribution >= 4 is 17.2 Å². The molecule has 1 aromatic heterocycles. The number of morpholine rings is 1. The van der Waals surface area contributed by atoms with E-state index < -0.39 is 5.60 Å². The van der Waals surface area contributed by atoms with E-state index in [0.29, 0.717) is 11.9 Å². The molecule has 194 valence electrons. The molecule has 1 saturated carbocycles. The van der Waals surface area contributed by atoms with E-state index in [4.69, 9.17) is 4.74 Å². The van der Waals surface area contributed by atoms with Gasteiger partial charge in [-0.1, -0.05) is 26.0 Å². The standard InChI is InChI=1S/C29H40N4O3/c1-20-19-30-26(31-20)27(34)32-25-5-4-22(18-24(25)21-6-10-28(2,3)11-7-21)29(35)12-8-23(9-13-29)33-14-16-36-17-15-33/h4-6,18-19,23,35H,7-17H2,1-3H3,(H,30,31)(H,32,34). The zero-order chi connectivity index (χ0) is 25.3. The Bertz CT molecular complexity index is 1120. The Hall–Kier alpha value is -2.48. The van der Waals surface area contributed by atoms with E-state index in [0.717, 1.165) is 93.8 Å². The van der Waals surface area contributed by atoms with Crippen LogP contribution in [0.15, 0.2) is 30.5 Å². The summed E-state index contributed by atoms with van der Waals surface area (Å²) in [5.74, 6) is 0.0555. The second-order valence-corrected chi connectivity index (χ2v) is 11.6. The third kappa shape index (κ3) is 5.43. The van der Waals surface area contributed by atoms with E-state index in [-0.39, 0.29) is 11.3 Å². The first-order valence-electron chi connectivity index (χ1n) is 13.4. The topological polar surface area (TPSA) is 90.5 Å². The monoisotopic (exact) mass is 492 g/mol. The number of allylic oxidation sites excluding steroid dienone is 2. The molecule has 0 unspecified atom stereocenters. The van der Waals surface area contributed by atoms with Crippen molar-refractivity contribution in [3.63, 3.8) is 0 Å². The van der Waals surface area contributed by atoms with E-state index in [1.54, 1.807) is 6.20 Å². The van der Waals surface area contributed by atoms with Crippen molar-refractivity contribution in [2.24, 2.45) is 5.41 Å². The van der Waals surface area contributed by atoms with Crippen LogP contribution in [0.2, 0.25) is 0 Å². The van der Waals surface area contributed by atoms with Gasteiger partial charge in [0, 0.05) is 42.3 Å². The molecule has 36 heavy (non-hydrogen) atoms. The summed E-state index contributed by atoms with van der Waals surface area (Å²) in [6, 6.07) is 6.61. The van der Waals surface area contributed by atoms with E-state index in [1.807, 2.05) is 19.1 Å². The number of aliphatic hydroxyl groups is 1. The summed E-state index contributed by atoms with van der Waals surface area (Å²) in [4.78, 5) is 22.6. The van der Waals surface area contributed by atoms with Crippen LogP contribution >= 0.6 is 0 Å². The molecule has 0 bridgehead atoms. The second kappa shape index (κ2) is 10.1. The summed E-state index contributed by atoms with van der Waals surface area (Å²) in [5.41, 5.74) is 4.28. The average Bonchev–Trinajstić information content (AvgIpc) is 3.32. The molecule has 2 aliphatic carbocycles. The molecule has 2 fully saturated rings. The lowest BCUT2D eigenvalue weighted by atomic mass is 9.74. The lowest BCUT2D eigenvalue weighted by Crippen LogP contribution is -2.47. The van der Waals surface area contributed by atoms with Crippen LogP contribution in [0.4, 0.5) is 5.69 Å². The highest BCUT2D eigenvalue weighted by atomic mass is 16.5. The minimum Gasteiger partial charge on any atom is -0.385 e. The lowest BCUT2D eigenvalue weighted by molar-refractivity contribution is -0.0447. The summed E-state index contributed by atoms with van der Waals surface area (Å²) in [6.07, 6.45) is 10.5. The number of carbonyl (C=O) groups is 1. The number of nitrogens with one attached hydrogen (secondary N) is 2. The van der Waals surface area contributed by atoms with Gasteiger partial charge < -0.3 is 20.1 Å². The largest absolute Gasteiger partial charge is 0.385 e. The summed E-state index contributed by atoms with van der Waals surface area (Å²) in [6.45, 7) is 10.1. The molecule has 0 radical (unpaired) electrons. The van der Waals surface area contributed by atoms with Gasteiger partial charge in [0.05, 0.1) is 18.8 Å². The highest BCUT2D eigenvalue weighted by Gasteiger charge is 2.37. The van der Waals surface area contributed by atoms with Gasteiger partial charge in [-0.05, 0) is 80.6 Å². The molecule has 5 rings (SSSR count). The molecule has 7 heteroatoms. The molecule has 1 aliphatic heterocycles. The zero-order valence-electron chi connectivity index (χ0n) is 21.9. The Labute approximate surface area is 214 Å². The van der Waals surface area contributed by atoms with Gasteiger partial charge in [-0.3, -0.25) is 9.69 Å². The third-order valence-electron chi connectivity index (χ3n) is 8.39. The number of imidazole rings is 1. The van der Waals surface area contributed by atoms with Crippen molar-refractivity contribution < 1.29 is 14.6 Å². The van der Waals surface area contributed by atoms with Crippen molar-refractivity contribution in [3.8, 4) is 0 Å². The fourth-order valence-corrected chi connectivity index (χ4v) is 5.92. The van der Waals surface area contributed by atoms with Crippen molar-refractivity contribution in [3.05, 3.63) is 53.1 Å². The molecule has 1 saturated heterocycles. The molecule has 0 atom stereocenters. The van der Waals surface area contributed by atoms with Crippen LogP contribution in [-0.2, 0) is 10.3 Å². The molecule has 2 aromatic rings. The van der Waals surface area contributed by atoms with Crippen LogP contribution in [0.1, 0.15) is 86.2 Å². The van der Waals surface area contributed by atoms with Crippen LogP contribution in [0.25, 0.3) is 5.57 Å². The predicted octanol–water partition coefficient (Wildman–Crippen LogP) is 5.03. The van der Waals surface area contributed by atoms with Gasteiger partial charge >= 0.3 is 0 Å². The van der Waals surface area contributed by atoms with Crippen molar-refractivity contribution in [2.75, 3.05) is 31.6 Å². The number of aromatic amines is 1. The number of H-pyrrole nitrogens is 1. The normalized spacial score (nSPS) is 26.9. The van der Waals surface area contributed by atoms with Gasteiger partial charge in [-0.25, -0.2) is 4.98 Å². The number of amides is 1. The Morgan fingerprint density at radius 3 is 2.58 bits per heavy atom. The van der Waals surface area contributed by atoms with Crippen LogP contribution < -0.4 is 5.32 Å². The number of anilines is 1. The minimum atomic E-state index is -0.841. The summed E-state index contributed by atoms with van der Waals surface area (Å²) >= 11 is 0. The van der Waals surface area contributed by atoms with Gasteiger partial charge in [0.1, 0.15) is 0 Å². The van der Waals surface area contributed by atoms with E-state index >= 15 is 0 Å². The van der Waals surface area contributed by atoms with Gasteiger partial charge in [0.15, 0.2) is 5.82 Å². The molecular weight excluding hydrogens is 452 g/mol. The van der Waals surface area contributed by atoms with E-state index in [1.165, 1.54) is 5.57 Å². The fraction of sp³-hybridized carbons (Fsp3) is 0.586. The second-order valence-electron chi connectivity index (χ2n) is 11.6. The fourth-order valence-electron chi connectivity index (χ4n) is 5.92. The number of benzene rings is 1. The Morgan fingerprint density at radius 2 is 1.94 bits per heavy atom.